The highest BCUT2D eigenvalue weighted by atomic mass is 32.2. The molecular weight excluding hydrogens is 457 g/mol. The lowest BCUT2D eigenvalue weighted by Crippen LogP contribution is -2.48. The molecule has 1 aliphatic heterocycles. The van der Waals surface area contributed by atoms with Crippen molar-refractivity contribution in [1.82, 2.24) is 24.3 Å². The number of halogens is 1. The van der Waals surface area contributed by atoms with E-state index in [2.05, 4.69) is 20.0 Å². The molecule has 2 aromatic carbocycles. The van der Waals surface area contributed by atoms with Crippen LogP contribution in [0.25, 0.3) is 22.3 Å². The van der Waals surface area contributed by atoms with Crippen molar-refractivity contribution >= 4 is 20.9 Å². The predicted octanol–water partition coefficient (Wildman–Crippen LogP) is 3.55. The van der Waals surface area contributed by atoms with Crippen LogP contribution in [0.5, 0.6) is 0 Å². The maximum absolute atomic E-state index is 13.9. The molecule has 0 radical (unpaired) electrons. The zero-order valence-electron chi connectivity index (χ0n) is 18.9. The molecule has 4 aromatic rings. The van der Waals surface area contributed by atoms with E-state index in [1.54, 1.807) is 37.4 Å². The van der Waals surface area contributed by atoms with Gasteiger partial charge >= 0.3 is 0 Å². The normalized spacial score (nSPS) is 15.7. The summed E-state index contributed by atoms with van der Waals surface area (Å²) in [6.07, 6.45) is 1.68. The summed E-state index contributed by atoms with van der Waals surface area (Å²) in [6.45, 7) is 5.74. The molecule has 34 heavy (non-hydrogen) atoms. The molecule has 0 N–H and O–H groups in total. The number of rotatable bonds is 5. The largest absolute Gasteiger partial charge is 0.338 e. The molecule has 0 atom stereocenters. The van der Waals surface area contributed by atoms with Crippen molar-refractivity contribution in [2.45, 2.75) is 25.3 Å². The number of fused-ring (bicyclic) bond motifs is 1. The summed E-state index contributed by atoms with van der Waals surface area (Å²) < 4.78 is 47.4. The molecule has 0 amide bonds. The number of piperazine rings is 1. The Morgan fingerprint density at radius 3 is 2.62 bits per heavy atom. The molecule has 0 unspecified atom stereocenters. The van der Waals surface area contributed by atoms with Gasteiger partial charge in [-0.1, -0.05) is 29.4 Å². The Kier molecular flexibility index (Phi) is 5.88. The molecule has 0 saturated carbocycles. The van der Waals surface area contributed by atoms with E-state index in [1.807, 2.05) is 19.1 Å². The quantitative estimate of drug-likeness (QED) is 0.430. The van der Waals surface area contributed by atoms with Gasteiger partial charge in [-0.25, -0.2) is 12.8 Å². The predicted molar refractivity (Wildman–Crippen MR) is 125 cm³/mol. The Bertz CT molecular complexity index is 1460. The van der Waals surface area contributed by atoms with Crippen LogP contribution in [0.1, 0.15) is 17.0 Å². The van der Waals surface area contributed by atoms with E-state index in [0.29, 0.717) is 61.1 Å². The van der Waals surface area contributed by atoms with Crippen molar-refractivity contribution in [3.8, 4) is 11.4 Å². The standard InChI is InChI=1S/C24H24FN5O3S/c1-16-12-18-4-3-5-21(23(18)26-14-16)34(31,32)30-10-8-29(9-11-30)15-22-27-24(28-33-22)19-7-6-17(2)20(25)13-19/h3-7,12-14H,8-11,15H2,1-2H3. The first-order valence-electron chi connectivity index (χ1n) is 11.0. The lowest BCUT2D eigenvalue weighted by molar-refractivity contribution is 0.163. The third-order valence-electron chi connectivity index (χ3n) is 6.02. The molecule has 8 nitrogen and oxygen atoms in total. The van der Waals surface area contributed by atoms with E-state index in [9.17, 15) is 12.8 Å². The number of nitrogens with zero attached hydrogens (tertiary/aromatic N) is 5. The fraction of sp³-hybridized carbons (Fsp3) is 0.292. The average Bonchev–Trinajstić information content (AvgIpc) is 3.29. The van der Waals surface area contributed by atoms with Crippen molar-refractivity contribution in [3.05, 3.63) is 71.5 Å². The van der Waals surface area contributed by atoms with Crippen molar-refractivity contribution in [2.75, 3.05) is 26.2 Å². The van der Waals surface area contributed by atoms with Crippen LogP contribution in [-0.2, 0) is 16.6 Å². The zero-order chi connectivity index (χ0) is 23.9. The van der Waals surface area contributed by atoms with E-state index in [4.69, 9.17) is 4.52 Å². The van der Waals surface area contributed by atoms with Gasteiger partial charge in [-0.05, 0) is 43.2 Å². The summed E-state index contributed by atoms with van der Waals surface area (Å²) in [7, 11) is -3.68. The van der Waals surface area contributed by atoms with E-state index in [-0.39, 0.29) is 10.7 Å². The summed E-state index contributed by atoms with van der Waals surface area (Å²) >= 11 is 0. The average molecular weight is 482 g/mol. The summed E-state index contributed by atoms with van der Waals surface area (Å²) in [4.78, 5) is 11.0. The van der Waals surface area contributed by atoms with Gasteiger partial charge in [0, 0.05) is 43.3 Å². The molecule has 176 valence electrons. The fourth-order valence-corrected chi connectivity index (χ4v) is 5.67. The fourth-order valence-electron chi connectivity index (χ4n) is 4.08. The van der Waals surface area contributed by atoms with Gasteiger partial charge in [-0.15, -0.1) is 0 Å². The number of sulfonamides is 1. The number of pyridine rings is 1. The van der Waals surface area contributed by atoms with Gasteiger partial charge in [-0.3, -0.25) is 9.88 Å². The zero-order valence-corrected chi connectivity index (χ0v) is 19.7. The van der Waals surface area contributed by atoms with Crippen molar-refractivity contribution in [1.29, 1.82) is 0 Å². The Labute approximate surface area is 197 Å². The minimum absolute atomic E-state index is 0.227. The molecule has 1 saturated heterocycles. The van der Waals surface area contributed by atoms with E-state index in [1.165, 1.54) is 10.4 Å². The van der Waals surface area contributed by atoms with Gasteiger partial charge in [0.05, 0.1) is 12.1 Å². The molecular formula is C24H24FN5O3S. The first-order chi connectivity index (χ1) is 16.3. The Morgan fingerprint density at radius 1 is 1.06 bits per heavy atom. The molecule has 1 aliphatic rings. The lowest BCUT2D eigenvalue weighted by atomic mass is 10.1. The molecule has 0 spiro atoms. The van der Waals surface area contributed by atoms with E-state index < -0.39 is 10.0 Å². The second kappa shape index (κ2) is 8.86. The molecule has 0 aliphatic carbocycles. The lowest BCUT2D eigenvalue weighted by Gasteiger charge is -2.33. The number of aromatic nitrogens is 3. The second-order valence-electron chi connectivity index (χ2n) is 8.50. The third kappa shape index (κ3) is 4.31. The van der Waals surface area contributed by atoms with Gasteiger partial charge in [0.2, 0.25) is 21.7 Å². The van der Waals surface area contributed by atoms with Gasteiger partial charge < -0.3 is 4.52 Å². The Balaban J connectivity index is 1.26. The third-order valence-corrected chi connectivity index (χ3v) is 7.95. The maximum atomic E-state index is 13.9. The molecule has 3 heterocycles. The molecule has 0 bridgehead atoms. The highest BCUT2D eigenvalue weighted by Gasteiger charge is 2.30. The molecule has 5 rings (SSSR count). The van der Waals surface area contributed by atoms with Crippen molar-refractivity contribution < 1.29 is 17.3 Å². The summed E-state index contributed by atoms with van der Waals surface area (Å²) in [5.74, 6) is 0.410. The van der Waals surface area contributed by atoms with Crippen LogP contribution in [0.3, 0.4) is 0 Å². The van der Waals surface area contributed by atoms with Crippen LogP contribution in [-0.4, -0.2) is 58.9 Å². The molecule has 1 fully saturated rings. The van der Waals surface area contributed by atoms with Crippen LogP contribution in [0.2, 0.25) is 0 Å². The van der Waals surface area contributed by atoms with Gasteiger partial charge in [0.15, 0.2) is 0 Å². The number of hydrogen-bond donors (Lipinski definition) is 0. The summed E-state index contributed by atoms with van der Waals surface area (Å²) in [6, 6.07) is 12.0. The highest BCUT2D eigenvalue weighted by molar-refractivity contribution is 7.89. The molecule has 10 heteroatoms. The first-order valence-corrected chi connectivity index (χ1v) is 12.4. The van der Waals surface area contributed by atoms with Crippen molar-refractivity contribution in [2.24, 2.45) is 0 Å². The van der Waals surface area contributed by atoms with Gasteiger partial charge in [0.25, 0.3) is 0 Å². The van der Waals surface area contributed by atoms with Crippen LogP contribution >= 0.6 is 0 Å². The number of para-hydroxylation sites is 1. The number of hydrogen-bond acceptors (Lipinski definition) is 7. The Hall–Kier alpha value is -3.21. The Morgan fingerprint density at radius 2 is 1.85 bits per heavy atom. The first kappa shape index (κ1) is 22.6. The summed E-state index contributed by atoms with van der Waals surface area (Å²) in [5, 5.41) is 4.76. The van der Waals surface area contributed by atoms with Crippen molar-refractivity contribution in [3.63, 3.8) is 0 Å². The smallest absolute Gasteiger partial charge is 0.245 e. The number of benzene rings is 2. The minimum atomic E-state index is -3.68. The monoisotopic (exact) mass is 481 g/mol. The van der Waals surface area contributed by atoms with Gasteiger partial charge in [-0.2, -0.15) is 9.29 Å². The van der Waals surface area contributed by atoms with Crippen LogP contribution in [0.4, 0.5) is 4.39 Å². The summed E-state index contributed by atoms with van der Waals surface area (Å²) in [5.41, 5.74) is 2.57. The second-order valence-corrected chi connectivity index (χ2v) is 10.4. The van der Waals surface area contributed by atoms with E-state index >= 15 is 0 Å². The van der Waals surface area contributed by atoms with Crippen LogP contribution < -0.4 is 0 Å². The van der Waals surface area contributed by atoms with Crippen LogP contribution in [0, 0.1) is 19.7 Å². The number of aryl methyl sites for hydroxylation is 2. The van der Waals surface area contributed by atoms with Crippen LogP contribution in [0.15, 0.2) is 58.1 Å². The molecule has 2 aromatic heterocycles. The van der Waals surface area contributed by atoms with Gasteiger partial charge in [0.1, 0.15) is 10.7 Å². The highest BCUT2D eigenvalue weighted by Crippen LogP contribution is 2.26. The topological polar surface area (TPSA) is 92.4 Å². The van der Waals surface area contributed by atoms with E-state index in [0.717, 1.165) is 10.9 Å². The minimum Gasteiger partial charge on any atom is -0.338 e. The SMILES string of the molecule is Cc1cnc2c(S(=O)(=O)N3CCN(Cc4nc(-c5ccc(C)c(F)c5)no4)CC3)cccc2c1. The maximum Gasteiger partial charge on any atom is 0.245 e.